The summed E-state index contributed by atoms with van der Waals surface area (Å²) in [5.41, 5.74) is 0.369. The van der Waals surface area contributed by atoms with E-state index >= 15 is 0 Å². The SMILES string of the molecule is CCN(CCO)C(=O)CC1NCCN(Cc2cc(F)cc(F)c2)C1=O. The highest BCUT2D eigenvalue weighted by molar-refractivity contribution is 5.89. The van der Waals surface area contributed by atoms with Gasteiger partial charge in [0.15, 0.2) is 0 Å². The lowest BCUT2D eigenvalue weighted by Crippen LogP contribution is -2.56. The third-order valence-corrected chi connectivity index (χ3v) is 4.16. The highest BCUT2D eigenvalue weighted by atomic mass is 19.1. The fraction of sp³-hybridized carbons (Fsp3) is 0.529. The second kappa shape index (κ2) is 8.87. The largest absolute Gasteiger partial charge is 0.395 e. The zero-order chi connectivity index (χ0) is 18.4. The predicted molar refractivity (Wildman–Crippen MR) is 87.5 cm³/mol. The van der Waals surface area contributed by atoms with Crippen molar-refractivity contribution >= 4 is 11.8 Å². The molecule has 8 heteroatoms. The van der Waals surface area contributed by atoms with Crippen molar-refractivity contribution < 1.29 is 23.5 Å². The molecule has 0 aromatic heterocycles. The molecule has 1 aromatic rings. The first-order valence-corrected chi connectivity index (χ1v) is 8.30. The standard InChI is InChI=1S/C17H23F2N3O3/c1-2-21(5-6-23)16(24)10-15-17(25)22(4-3-20-15)11-12-7-13(18)9-14(19)8-12/h7-9,15,20,23H,2-6,10-11H2,1H3. The zero-order valence-electron chi connectivity index (χ0n) is 14.2. The molecule has 6 nitrogen and oxygen atoms in total. The maximum absolute atomic E-state index is 13.3. The minimum absolute atomic E-state index is 0.0132. The van der Waals surface area contributed by atoms with Crippen molar-refractivity contribution in [2.75, 3.05) is 32.8 Å². The number of piperazine rings is 1. The van der Waals surface area contributed by atoms with Crippen LogP contribution in [-0.4, -0.2) is 65.5 Å². The molecule has 2 rings (SSSR count). The molecule has 1 fully saturated rings. The Morgan fingerprint density at radius 1 is 1.36 bits per heavy atom. The molecule has 1 unspecified atom stereocenters. The van der Waals surface area contributed by atoms with E-state index in [0.29, 0.717) is 25.2 Å². The molecule has 1 aliphatic rings. The maximum Gasteiger partial charge on any atom is 0.240 e. The van der Waals surface area contributed by atoms with Crippen LogP contribution in [0.1, 0.15) is 18.9 Å². The van der Waals surface area contributed by atoms with Crippen LogP contribution in [0.25, 0.3) is 0 Å². The molecule has 2 N–H and O–H groups in total. The van der Waals surface area contributed by atoms with Gasteiger partial charge in [-0.05, 0) is 24.6 Å². The molecular weight excluding hydrogens is 332 g/mol. The van der Waals surface area contributed by atoms with Gasteiger partial charge in [-0.3, -0.25) is 9.59 Å². The summed E-state index contributed by atoms with van der Waals surface area (Å²) in [5.74, 6) is -1.87. The second-order valence-electron chi connectivity index (χ2n) is 5.95. The Morgan fingerprint density at radius 3 is 2.64 bits per heavy atom. The van der Waals surface area contributed by atoms with Gasteiger partial charge in [0.2, 0.25) is 11.8 Å². The Balaban J connectivity index is 2.01. The van der Waals surface area contributed by atoms with E-state index in [4.69, 9.17) is 5.11 Å². The van der Waals surface area contributed by atoms with E-state index in [9.17, 15) is 18.4 Å². The molecular formula is C17H23F2N3O3. The minimum atomic E-state index is -0.688. The first-order chi connectivity index (χ1) is 11.9. The number of amides is 2. The molecule has 1 heterocycles. The molecule has 25 heavy (non-hydrogen) atoms. The number of aliphatic hydroxyl groups is 1. The summed E-state index contributed by atoms with van der Waals surface area (Å²) in [4.78, 5) is 27.8. The monoisotopic (exact) mass is 355 g/mol. The van der Waals surface area contributed by atoms with Crippen molar-refractivity contribution in [1.29, 1.82) is 0 Å². The molecule has 1 aliphatic heterocycles. The summed E-state index contributed by atoms with van der Waals surface area (Å²) in [6.45, 7) is 3.32. The fourth-order valence-corrected chi connectivity index (χ4v) is 2.91. The highest BCUT2D eigenvalue weighted by Gasteiger charge is 2.31. The average Bonchev–Trinajstić information content (AvgIpc) is 2.55. The molecule has 0 spiro atoms. The first kappa shape index (κ1) is 19.3. The molecule has 0 aliphatic carbocycles. The quantitative estimate of drug-likeness (QED) is 0.747. The summed E-state index contributed by atoms with van der Waals surface area (Å²) in [5, 5.41) is 12.0. The number of likely N-dealkylation sites (N-methyl/N-ethyl adjacent to an activating group) is 1. The number of benzene rings is 1. The van der Waals surface area contributed by atoms with E-state index in [1.165, 1.54) is 21.9 Å². The van der Waals surface area contributed by atoms with Crippen molar-refractivity contribution in [3.63, 3.8) is 0 Å². The Bertz CT molecular complexity index is 607. The Labute approximate surface area is 145 Å². The number of hydrogen-bond acceptors (Lipinski definition) is 4. The zero-order valence-corrected chi connectivity index (χ0v) is 14.2. The molecule has 1 atom stereocenters. The van der Waals surface area contributed by atoms with Crippen LogP contribution in [0.2, 0.25) is 0 Å². The van der Waals surface area contributed by atoms with Crippen molar-refractivity contribution in [3.8, 4) is 0 Å². The number of nitrogens with one attached hydrogen (secondary N) is 1. The van der Waals surface area contributed by atoms with E-state index in [1.807, 2.05) is 0 Å². The van der Waals surface area contributed by atoms with Gasteiger partial charge in [0.25, 0.3) is 0 Å². The topological polar surface area (TPSA) is 72.9 Å². The van der Waals surface area contributed by atoms with Crippen LogP contribution in [0.5, 0.6) is 0 Å². The molecule has 0 bridgehead atoms. The van der Waals surface area contributed by atoms with Gasteiger partial charge in [-0.25, -0.2) is 8.78 Å². The van der Waals surface area contributed by atoms with Crippen molar-refractivity contribution in [2.24, 2.45) is 0 Å². The lowest BCUT2D eigenvalue weighted by molar-refractivity contribution is -0.141. The molecule has 1 saturated heterocycles. The van der Waals surface area contributed by atoms with Crippen LogP contribution < -0.4 is 5.32 Å². The molecule has 0 saturated carbocycles. The third kappa shape index (κ3) is 5.20. The van der Waals surface area contributed by atoms with E-state index < -0.39 is 17.7 Å². The Hall–Kier alpha value is -2.06. The van der Waals surface area contributed by atoms with Gasteiger partial charge in [0.1, 0.15) is 11.6 Å². The van der Waals surface area contributed by atoms with Gasteiger partial charge < -0.3 is 20.2 Å². The highest BCUT2D eigenvalue weighted by Crippen LogP contribution is 2.14. The van der Waals surface area contributed by atoms with Crippen molar-refractivity contribution in [2.45, 2.75) is 25.9 Å². The fourth-order valence-electron chi connectivity index (χ4n) is 2.91. The number of carbonyl (C=O) groups is 2. The van der Waals surface area contributed by atoms with E-state index in [-0.39, 0.29) is 37.9 Å². The van der Waals surface area contributed by atoms with E-state index in [0.717, 1.165) is 6.07 Å². The van der Waals surface area contributed by atoms with Gasteiger partial charge in [0.05, 0.1) is 19.1 Å². The van der Waals surface area contributed by atoms with Crippen molar-refractivity contribution in [3.05, 3.63) is 35.4 Å². The second-order valence-corrected chi connectivity index (χ2v) is 5.95. The van der Waals surface area contributed by atoms with Crippen molar-refractivity contribution in [1.82, 2.24) is 15.1 Å². The summed E-state index contributed by atoms with van der Waals surface area (Å²) in [6, 6.07) is 2.50. The summed E-state index contributed by atoms with van der Waals surface area (Å²) < 4.78 is 26.6. The summed E-state index contributed by atoms with van der Waals surface area (Å²) in [7, 11) is 0. The third-order valence-electron chi connectivity index (χ3n) is 4.16. The summed E-state index contributed by atoms with van der Waals surface area (Å²) >= 11 is 0. The number of nitrogens with zero attached hydrogens (tertiary/aromatic N) is 2. The number of rotatable bonds is 7. The van der Waals surface area contributed by atoms with E-state index in [1.54, 1.807) is 6.92 Å². The first-order valence-electron chi connectivity index (χ1n) is 8.30. The molecule has 138 valence electrons. The lowest BCUT2D eigenvalue weighted by Gasteiger charge is -2.34. The van der Waals surface area contributed by atoms with Crippen LogP contribution in [0.4, 0.5) is 8.78 Å². The van der Waals surface area contributed by atoms with Crippen LogP contribution in [-0.2, 0) is 16.1 Å². The maximum atomic E-state index is 13.3. The van der Waals surface area contributed by atoms with Gasteiger partial charge in [-0.1, -0.05) is 0 Å². The number of halogens is 2. The normalized spacial score (nSPS) is 17.7. The molecule has 0 radical (unpaired) electrons. The van der Waals surface area contributed by atoms with E-state index in [2.05, 4.69) is 5.32 Å². The van der Waals surface area contributed by atoms with Crippen LogP contribution in [0, 0.1) is 11.6 Å². The molecule has 1 aromatic carbocycles. The smallest absolute Gasteiger partial charge is 0.240 e. The number of carbonyl (C=O) groups excluding carboxylic acids is 2. The van der Waals surface area contributed by atoms with Gasteiger partial charge in [0, 0.05) is 38.8 Å². The van der Waals surface area contributed by atoms with Gasteiger partial charge in [-0.15, -0.1) is 0 Å². The number of aliphatic hydroxyl groups excluding tert-OH is 1. The van der Waals surface area contributed by atoms with Gasteiger partial charge >= 0.3 is 0 Å². The van der Waals surface area contributed by atoms with Crippen LogP contribution in [0.15, 0.2) is 18.2 Å². The van der Waals surface area contributed by atoms with Crippen LogP contribution >= 0.6 is 0 Å². The Kier molecular flexibility index (Phi) is 6.83. The lowest BCUT2D eigenvalue weighted by atomic mass is 10.1. The predicted octanol–water partition coefficient (Wildman–Crippen LogP) is 0.496. The molecule has 2 amide bonds. The van der Waals surface area contributed by atoms with Crippen LogP contribution in [0.3, 0.4) is 0 Å². The summed E-state index contributed by atoms with van der Waals surface area (Å²) in [6.07, 6.45) is -0.0132. The average molecular weight is 355 g/mol. The number of hydrogen-bond donors (Lipinski definition) is 2. The van der Waals surface area contributed by atoms with Gasteiger partial charge in [-0.2, -0.15) is 0 Å². The Morgan fingerprint density at radius 2 is 2.04 bits per heavy atom. The minimum Gasteiger partial charge on any atom is -0.395 e.